The summed E-state index contributed by atoms with van der Waals surface area (Å²) in [5, 5.41) is 28.6. The number of benzene rings is 1. The van der Waals surface area contributed by atoms with Crippen LogP contribution < -0.4 is 10.2 Å². The first-order chi connectivity index (χ1) is 13.5. The summed E-state index contributed by atoms with van der Waals surface area (Å²) < 4.78 is 0. The van der Waals surface area contributed by atoms with Crippen LogP contribution in [0, 0.1) is 0 Å². The van der Waals surface area contributed by atoms with Crippen molar-refractivity contribution in [3.8, 4) is 0 Å². The summed E-state index contributed by atoms with van der Waals surface area (Å²) >= 11 is 0.853. The van der Waals surface area contributed by atoms with E-state index in [4.69, 9.17) is 15.3 Å². The van der Waals surface area contributed by atoms with Gasteiger partial charge in [0.1, 0.15) is 6.04 Å². The molecule has 1 aromatic rings. The number of rotatable bonds is 8. The van der Waals surface area contributed by atoms with Crippen molar-refractivity contribution in [2.75, 3.05) is 10.7 Å². The minimum absolute atomic E-state index is 0.179. The summed E-state index contributed by atoms with van der Waals surface area (Å²) in [5.41, 5.74) is -1.02. The van der Waals surface area contributed by atoms with Crippen LogP contribution >= 0.6 is 11.8 Å². The van der Waals surface area contributed by atoms with Gasteiger partial charge < -0.3 is 20.6 Å². The van der Waals surface area contributed by atoms with Gasteiger partial charge in [-0.25, -0.2) is 19.3 Å². The number of hydrogen-bond donors (Lipinski definition) is 4. The Hall–Kier alpha value is -3.41. The summed E-state index contributed by atoms with van der Waals surface area (Å²) in [5.74, 6) is -6.33. The number of hydrogen-bond acceptors (Lipinski definition) is 7. The van der Waals surface area contributed by atoms with Crippen LogP contribution in [0.25, 0.3) is 0 Å². The van der Waals surface area contributed by atoms with E-state index < -0.39 is 58.0 Å². The lowest BCUT2D eigenvalue weighted by molar-refractivity contribution is -0.140. The van der Waals surface area contributed by atoms with Crippen molar-refractivity contribution in [1.29, 1.82) is 0 Å². The van der Waals surface area contributed by atoms with Gasteiger partial charge in [0.15, 0.2) is 0 Å². The molecule has 1 saturated heterocycles. The van der Waals surface area contributed by atoms with Gasteiger partial charge in [0.2, 0.25) is 17.7 Å². The average molecular weight is 424 g/mol. The molecule has 2 unspecified atom stereocenters. The van der Waals surface area contributed by atoms with Gasteiger partial charge in [0.05, 0.1) is 22.1 Å². The van der Waals surface area contributed by atoms with E-state index in [1.807, 2.05) is 0 Å². The molecule has 2 rings (SSSR count). The topological polar surface area (TPSA) is 178 Å². The normalized spacial score (nSPS) is 17.1. The second-order valence-electron chi connectivity index (χ2n) is 6.06. The number of aromatic carboxylic acids is 2. The number of nitrogens with zero attached hydrogens (tertiary/aromatic N) is 1. The van der Waals surface area contributed by atoms with E-state index in [-0.39, 0.29) is 17.9 Å². The molecule has 1 fully saturated rings. The zero-order chi connectivity index (χ0) is 21.9. The zero-order valence-corrected chi connectivity index (χ0v) is 15.8. The summed E-state index contributed by atoms with van der Waals surface area (Å²) in [7, 11) is 0. The van der Waals surface area contributed by atoms with E-state index in [1.165, 1.54) is 0 Å². The lowest BCUT2D eigenvalue weighted by atomic mass is 10.1. The van der Waals surface area contributed by atoms with Gasteiger partial charge in [-0.1, -0.05) is 0 Å². The number of imide groups is 1. The fourth-order valence-electron chi connectivity index (χ4n) is 2.63. The molecular formula is C17H16N2O9S. The molecule has 11 nitrogen and oxygen atoms in total. The molecule has 0 aliphatic carbocycles. The average Bonchev–Trinajstić information content (AvgIpc) is 2.91. The van der Waals surface area contributed by atoms with Gasteiger partial charge in [0, 0.05) is 19.1 Å². The Morgan fingerprint density at radius 2 is 1.66 bits per heavy atom. The molecule has 1 aliphatic rings. The number of carbonyl (C=O) groups excluding carboxylic acids is 3. The van der Waals surface area contributed by atoms with Crippen LogP contribution in [0.2, 0.25) is 0 Å². The molecule has 1 heterocycles. The molecule has 12 heteroatoms. The Morgan fingerprint density at radius 1 is 1.10 bits per heavy atom. The largest absolute Gasteiger partial charge is 0.480 e. The molecule has 0 radical (unpaired) electrons. The number of anilines is 1. The van der Waals surface area contributed by atoms with Crippen LogP contribution in [-0.4, -0.2) is 68.0 Å². The Bertz CT molecular complexity index is 882. The highest BCUT2D eigenvalue weighted by atomic mass is 32.2. The first kappa shape index (κ1) is 21.9. The SMILES string of the molecule is CC(=O)NC(CSC1CC(=O)N(c2cc(C(=O)O)cc(C(=O)O)c2)C1=O)C(=O)O. The number of carboxylic acid groups (broad SMARTS) is 3. The fourth-order valence-corrected chi connectivity index (χ4v) is 3.78. The standard InChI is InChI=1S/C17H16N2O9S/c1-7(20)18-11(17(27)28)6-29-12-5-13(21)19(14(12)22)10-3-8(15(23)24)2-9(4-10)16(25)26/h2-4,11-12H,5-6H2,1H3,(H,18,20)(H,23,24)(H,25,26)(H,27,28). The Labute approximate surface area is 167 Å². The minimum atomic E-state index is -1.43. The molecule has 2 atom stereocenters. The van der Waals surface area contributed by atoms with E-state index in [0.29, 0.717) is 4.90 Å². The Balaban J connectivity index is 2.24. The molecule has 4 N–H and O–H groups in total. The predicted molar refractivity (Wildman–Crippen MR) is 99.0 cm³/mol. The molecule has 29 heavy (non-hydrogen) atoms. The van der Waals surface area contributed by atoms with Crippen LogP contribution in [0.5, 0.6) is 0 Å². The second kappa shape index (κ2) is 8.73. The maximum Gasteiger partial charge on any atom is 0.335 e. The summed E-state index contributed by atoms with van der Waals surface area (Å²) in [6.45, 7) is 1.14. The highest BCUT2D eigenvalue weighted by Gasteiger charge is 2.41. The Morgan fingerprint density at radius 3 is 2.10 bits per heavy atom. The molecule has 0 spiro atoms. The van der Waals surface area contributed by atoms with E-state index >= 15 is 0 Å². The van der Waals surface area contributed by atoms with Gasteiger partial charge in [-0.3, -0.25) is 14.4 Å². The number of amides is 3. The lowest BCUT2D eigenvalue weighted by Crippen LogP contribution is -2.42. The predicted octanol–water partition coefficient (Wildman–Crippen LogP) is 0.0374. The van der Waals surface area contributed by atoms with Gasteiger partial charge in [-0.05, 0) is 18.2 Å². The van der Waals surface area contributed by atoms with E-state index in [2.05, 4.69) is 5.32 Å². The zero-order valence-electron chi connectivity index (χ0n) is 14.9. The number of carbonyl (C=O) groups is 6. The van der Waals surface area contributed by atoms with E-state index in [1.54, 1.807) is 0 Å². The van der Waals surface area contributed by atoms with Crippen molar-refractivity contribution < 1.29 is 44.1 Å². The molecule has 154 valence electrons. The molecule has 0 aromatic heterocycles. The van der Waals surface area contributed by atoms with E-state index in [9.17, 15) is 28.8 Å². The third kappa shape index (κ3) is 5.10. The van der Waals surface area contributed by atoms with Crippen molar-refractivity contribution >= 4 is 53.1 Å². The minimum Gasteiger partial charge on any atom is -0.480 e. The van der Waals surface area contributed by atoms with Crippen LogP contribution in [0.1, 0.15) is 34.1 Å². The third-order valence-corrected chi connectivity index (χ3v) is 5.21. The number of carboxylic acids is 3. The monoisotopic (exact) mass is 424 g/mol. The van der Waals surface area contributed by atoms with Crippen LogP contribution in [0.3, 0.4) is 0 Å². The Kier molecular flexibility index (Phi) is 6.59. The molecular weight excluding hydrogens is 408 g/mol. The number of thioether (sulfide) groups is 1. The van der Waals surface area contributed by atoms with E-state index in [0.717, 1.165) is 36.9 Å². The maximum atomic E-state index is 12.6. The first-order valence-electron chi connectivity index (χ1n) is 8.11. The number of nitrogens with one attached hydrogen (secondary N) is 1. The van der Waals surface area contributed by atoms with Crippen molar-refractivity contribution in [2.45, 2.75) is 24.6 Å². The van der Waals surface area contributed by atoms with Crippen molar-refractivity contribution in [2.24, 2.45) is 0 Å². The molecule has 1 aliphatic heterocycles. The molecule has 1 aromatic carbocycles. The lowest BCUT2D eigenvalue weighted by Gasteiger charge is -2.17. The molecule has 3 amide bonds. The highest BCUT2D eigenvalue weighted by molar-refractivity contribution is 8.00. The van der Waals surface area contributed by atoms with Crippen molar-refractivity contribution in [3.05, 3.63) is 29.3 Å². The first-order valence-corrected chi connectivity index (χ1v) is 9.16. The van der Waals surface area contributed by atoms with Crippen LogP contribution in [0.15, 0.2) is 18.2 Å². The van der Waals surface area contributed by atoms with Gasteiger partial charge >= 0.3 is 17.9 Å². The highest BCUT2D eigenvalue weighted by Crippen LogP contribution is 2.31. The third-order valence-electron chi connectivity index (χ3n) is 3.91. The molecule has 0 saturated carbocycles. The summed E-state index contributed by atoms with van der Waals surface area (Å²) in [4.78, 5) is 70.3. The number of aliphatic carboxylic acids is 1. The van der Waals surface area contributed by atoms with Crippen molar-refractivity contribution in [3.63, 3.8) is 0 Å². The smallest absolute Gasteiger partial charge is 0.335 e. The summed E-state index contributed by atoms with van der Waals surface area (Å²) in [6.07, 6.45) is -0.282. The summed E-state index contributed by atoms with van der Waals surface area (Å²) in [6, 6.07) is 1.66. The van der Waals surface area contributed by atoms with Crippen LogP contribution in [-0.2, 0) is 19.2 Å². The molecule has 0 bridgehead atoms. The van der Waals surface area contributed by atoms with Gasteiger partial charge in [-0.15, -0.1) is 11.8 Å². The van der Waals surface area contributed by atoms with Gasteiger partial charge in [0.25, 0.3) is 0 Å². The maximum absolute atomic E-state index is 12.6. The quantitative estimate of drug-likeness (QED) is 0.416. The fraction of sp³-hybridized carbons (Fsp3) is 0.294. The van der Waals surface area contributed by atoms with Crippen LogP contribution in [0.4, 0.5) is 5.69 Å². The van der Waals surface area contributed by atoms with Gasteiger partial charge in [-0.2, -0.15) is 0 Å². The second-order valence-corrected chi connectivity index (χ2v) is 7.30. The van der Waals surface area contributed by atoms with Crippen molar-refractivity contribution in [1.82, 2.24) is 5.32 Å².